The molecule has 5 nitrogen and oxygen atoms in total. The van der Waals surface area contributed by atoms with Gasteiger partial charge in [-0.3, -0.25) is 9.59 Å². The van der Waals surface area contributed by atoms with Crippen molar-refractivity contribution in [2.45, 2.75) is 225 Å². The summed E-state index contributed by atoms with van der Waals surface area (Å²) in [6.07, 6.45) is 46.7. The molecule has 0 aliphatic carbocycles. The summed E-state index contributed by atoms with van der Waals surface area (Å²) in [7, 11) is 0. The summed E-state index contributed by atoms with van der Waals surface area (Å²) in [5.41, 5.74) is 0. The first-order valence-corrected chi connectivity index (χ1v) is 20.9. The Hall–Kier alpha value is -1.62. The lowest BCUT2D eigenvalue weighted by atomic mass is 10.0. The fraction of sp³-hybridized carbons (Fsp3) is 0.860. The van der Waals surface area contributed by atoms with E-state index in [1.807, 2.05) is 0 Å². The number of hydrogen-bond donors (Lipinski definition) is 1. The van der Waals surface area contributed by atoms with Gasteiger partial charge in [-0.25, -0.2) is 0 Å². The number of carbonyl (C=O) groups excluding carboxylic acids is 2. The maximum Gasteiger partial charge on any atom is 0.306 e. The van der Waals surface area contributed by atoms with Crippen molar-refractivity contribution >= 4 is 11.9 Å². The Morgan fingerprint density at radius 2 is 0.833 bits per heavy atom. The molecule has 0 bridgehead atoms. The predicted molar refractivity (Wildman–Crippen MR) is 205 cm³/mol. The van der Waals surface area contributed by atoms with Crippen LogP contribution < -0.4 is 0 Å². The van der Waals surface area contributed by atoms with Crippen LogP contribution in [0.4, 0.5) is 0 Å². The molecule has 0 radical (unpaired) electrons. The molecule has 0 rings (SSSR count). The molecule has 0 aromatic heterocycles. The summed E-state index contributed by atoms with van der Waals surface area (Å²) in [6, 6.07) is 0. The molecule has 48 heavy (non-hydrogen) atoms. The van der Waals surface area contributed by atoms with Crippen LogP contribution in [0.2, 0.25) is 0 Å². The minimum atomic E-state index is -0.772. The molecule has 0 amide bonds. The van der Waals surface area contributed by atoms with E-state index in [4.69, 9.17) is 9.47 Å². The zero-order chi connectivity index (χ0) is 35.0. The standard InChI is InChI=1S/C43H80O5/c1-3-5-7-9-11-13-15-17-19-20-21-22-24-26-28-30-32-34-36-38-43(46)48-41(39-44)40-47-42(45)37-35-33-31-29-27-25-23-18-16-14-12-10-8-6-4-2/h12,14,18,23,41,44H,3-11,13,15-17,19-22,24-40H2,1-2H3/b14-12-,23-18-/t41-/m0/s1. The van der Waals surface area contributed by atoms with E-state index in [0.29, 0.717) is 12.8 Å². The Morgan fingerprint density at radius 1 is 0.479 bits per heavy atom. The van der Waals surface area contributed by atoms with Gasteiger partial charge >= 0.3 is 11.9 Å². The van der Waals surface area contributed by atoms with Gasteiger partial charge in [0.25, 0.3) is 0 Å². The van der Waals surface area contributed by atoms with Crippen molar-refractivity contribution in [1.29, 1.82) is 0 Å². The van der Waals surface area contributed by atoms with Gasteiger partial charge < -0.3 is 14.6 Å². The van der Waals surface area contributed by atoms with Crippen LogP contribution in [-0.2, 0) is 19.1 Å². The Kier molecular flexibility index (Phi) is 38.5. The van der Waals surface area contributed by atoms with Crippen molar-refractivity contribution in [2.24, 2.45) is 0 Å². The highest BCUT2D eigenvalue weighted by Crippen LogP contribution is 2.15. The third kappa shape index (κ3) is 37.2. The maximum atomic E-state index is 12.2. The lowest BCUT2D eigenvalue weighted by Gasteiger charge is -2.15. The first-order valence-electron chi connectivity index (χ1n) is 20.9. The van der Waals surface area contributed by atoms with E-state index in [1.54, 1.807) is 0 Å². The Morgan fingerprint density at radius 3 is 1.27 bits per heavy atom. The molecule has 0 unspecified atom stereocenters. The molecular weight excluding hydrogens is 596 g/mol. The van der Waals surface area contributed by atoms with Gasteiger partial charge in [0.05, 0.1) is 6.61 Å². The molecule has 0 saturated heterocycles. The number of ether oxygens (including phenoxy) is 2. The van der Waals surface area contributed by atoms with E-state index in [2.05, 4.69) is 38.2 Å². The number of unbranched alkanes of at least 4 members (excludes halogenated alkanes) is 26. The molecule has 5 heteroatoms. The van der Waals surface area contributed by atoms with Crippen molar-refractivity contribution in [3.05, 3.63) is 24.3 Å². The van der Waals surface area contributed by atoms with Crippen LogP contribution in [0, 0.1) is 0 Å². The van der Waals surface area contributed by atoms with Crippen LogP contribution in [0.5, 0.6) is 0 Å². The molecule has 0 aromatic carbocycles. The van der Waals surface area contributed by atoms with Crippen LogP contribution in [-0.4, -0.2) is 36.4 Å². The lowest BCUT2D eigenvalue weighted by molar-refractivity contribution is -0.161. The van der Waals surface area contributed by atoms with Gasteiger partial charge in [-0.15, -0.1) is 0 Å². The number of allylic oxidation sites excluding steroid dienone is 4. The average Bonchev–Trinajstić information content (AvgIpc) is 3.09. The number of aliphatic hydroxyl groups is 1. The molecule has 0 heterocycles. The van der Waals surface area contributed by atoms with Gasteiger partial charge in [-0.05, 0) is 44.9 Å². The Balaban J connectivity index is 3.52. The monoisotopic (exact) mass is 677 g/mol. The summed E-state index contributed by atoms with van der Waals surface area (Å²) in [6.45, 7) is 4.12. The van der Waals surface area contributed by atoms with Gasteiger partial charge in [0, 0.05) is 12.8 Å². The quantitative estimate of drug-likeness (QED) is 0.0400. The Labute approximate surface area is 298 Å². The molecule has 0 aliphatic heterocycles. The molecule has 282 valence electrons. The lowest BCUT2D eigenvalue weighted by Crippen LogP contribution is -2.28. The molecule has 1 N–H and O–H groups in total. The second-order valence-corrected chi connectivity index (χ2v) is 14.1. The molecule has 0 saturated carbocycles. The zero-order valence-corrected chi connectivity index (χ0v) is 32.0. The molecule has 1 atom stereocenters. The Bertz CT molecular complexity index is 731. The number of rotatable bonds is 38. The second-order valence-electron chi connectivity index (χ2n) is 14.1. The second kappa shape index (κ2) is 39.8. The van der Waals surface area contributed by atoms with E-state index < -0.39 is 6.10 Å². The van der Waals surface area contributed by atoms with Crippen molar-refractivity contribution in [1.82, 2.24) is 0 Å². The van der Waals surface area contributed by atoms with Crippen LogP contribution in [0.15, 0.2) is 24.3 Å². The van der Waals surface area contributed by atoms with Gasteiger partial charge in [-0.1, -0.05) is 186 Å². The third-order valence-electron chi connectivity index (χ3n) is 9.25. The smallest absolute Gasteiger partial charge is 0.306 e. The highest BCUT2D eigenvalue weighted by atomic mass is 16.6. The van der Waals surface area contributed by atoms with Crippen LogP contribution >= 0.6 is 0 Å². The predicted octanol–water partition coefficient (Wildman–Crippen LogP) is 13.1. The number of carbonyl (C=O) groups is 2. The van der Waals surface area contributed by atoms with Crippen molar-refractivity contribution < 1.29 is 24.2 Å². The average molecular weight is 677 g/mol. The van der Waals surface area contributed by atoms with E-state index >= 15 is 0 Å². The van der Waals surface area contributed by atoms with Crippen molar-refractivity contribution in [3.8, 4) is 0 Å². The van der Waals surface area contributed by atoms with E-state index in [1.165, 1.54) is 141 Å². The number of hydrogen-bond acceptors (Lipinski definition) is 5. The maximum absolute atomic E-state index is 12.2. The fourth-order valence-electron chi connectivity index (χ4n) is 6.06. The topological polar surface area (TPSA) is 72.8 Å². The van der Waals surface area contributed by atoms with Crippen molar-refractivity contribution in [2.75, 3.05) is 13.2 Å². The highest BCUT2D eigenvalue weighted by molar-refractivity contribution is 5.70. The van der Waals surface area contributed by atoms with E-state index in [9.17, 15) is 14.7 Å². The molecule has 0 fully saturated rings. The minimum Gasteiger partial charge on any atom is -0.462 e. The highest BCUT2D eigenvalue weighted by Gasteiger charge is 2.16. The first kappa shape index (κ1) is 46.4. The SMILES string of the molecule is CCCCC/C=C\C/C=C\CCCCCCCC(=O)OC[C@H](CO)OC(=O)CCCCCCCCCCCCCCCCCCCCC. The van der Waals surface area contributed by atoms with Crippen molar-refractivity contribution in [3.63, 3.8) is 0 Å². The molecule has 0 spiro atoms. The van der Waals surface area contributed by atoms with Gasteiger partial charge in [0.2, 0.25) is 0 Å². The summed E-state index contributed by atoms with van der Waals surface area (Å²) < 4.78 is 10.6. The molecular formula is C43H80O5. The largest absolute Gasteiger partial charge is 0.462 e. The minimum absolute atomic E-state index is 0.0689. The molecule has 0 aromatic rings. The summed E-state index contributed by atoms with van der Waals surface area (Å²) >= 11 is 0. The summed E-state index contributed by atoms with van der Waals surface area (Å²) in [5.74, 6) is -0.597. The van der Waals surface area contributed by atoms with Crippen LogP contribution in [0.25, 0.3) is 0 Å². The van der Waals surface area contributed by atoms with Gasteiger partial charge in [0.1, 0.15) is 6.61 Å². The molecule has 0 aliphatic rings. The van der Waals surface area contributed by atoms with E-state index in [0.717, 1.165) is 51.4 Å². The van der Waals surface area contributed by atoms with E-state index in [-0.39, 0.29) is 25.2 Å². The normalized spacial score (nSPS) is 12.3. The van der Waals surface area contributed by atoms with Gasteiger partial charge in [0.15, 0.2) is 6.10 Å². The van der Waals surface area contributed by atoms with Gasteiger partial charge in [-0.2, -0.15) is 0 Å². The fourth-order valence-corrected chi connectivity index (χ4v) is 6.06. The van der Waals surface area contributed by atoms with Crippen LogP contribution in [0.3, 0.4) is 0 Å². The third-order valence-corrected chi connectivity index (χ3v) is 9.25. The summed E-state index contributed by atoms with van der Waals surface area (Å²) in [4.78, 5) is 24.3. The number of aliphatic hydroxyl groups excluding tert-OH is 1. The zero-order valence-electron chi connectivity index (χ0n) is 32.0. The summed E-state index contributed by atoms with van der Waals surface area (Å²) in [5, 5.41) is 9.56. The number of esters is 2. The first-order chi connectivity index (χ1) is 23.6. The van der Waals surface area contributed by atoms with Crippen LogP contribution in [0.1, 0.15) is 219 Å².